The van der Waals surface area contributed by atoms with Gasteiger partial charge >= 0.3 is 0 Å². The third-order valence-corrected chi connectivity index (χ3v) is 2.01. The van der Waals surface area contributed by atoms with Crippen molar-refractivity contribution in [3.8, 4) is 11.5 Å². The molecule has 2 aromatic carbocycles. The maximum absolute atomic E-state index is 10.9. The minimum absolute atomic E-state index is 0.00810. The molecule has 0 radical (unpaired) electrons. The third kappa shape index (κ3) is 2.40. The van der Waals surface area contributed by atoms with Crippen LogP contribution in [-0.4, -0.2) is 5.11 Å². The lowest BCUT2D eigenvalue weighted by molar-refractivity contribution is -0.268. The fraction of sp³-hybridized carbons (Fsp3) is 0. The first-order valence-electron chi connectivity index (χ1n) is 4.57. The van der Waals surface area contributed by atoms with Crippen LogP contribution in [0.1, 0.15) is 0 Å². The van der Waals surface area contributed by atoms with Gasteiger partial charge in [0.25, 0.3) is 0 Å². The monoisotopic (exact) mass is 200 g/mol. The van der Waals surface area contributed by atoms with Crippen LogP contribution in [0.2, 0.25) is 0 Å². The minimum atomic E-state index is -0.00810. The average molecular weight is 200 g/mol. The predicted molar refractivity (Wildman–Crippen MR) is 57.3 cm³/mol. The minimum Gasteiger partial charge on any atom is -0.872 e. The molecule has 2 rings (SSSR count). The number of aromatic hydroxyl groups is 1. The van der Waals surface area contributed by atoms with Crippen molar-refractivity contribution >= 4 is 11.4 Å². The Morgan fingerprint density at radius 3 is 1.80 bits per heavy atom. The average Bonchev–Trinajstić information content (AvgIpc) is 2.25. The smallest absolute Gasteiger partial charge is 0.115 e. The quantitative estimate of drug-likeness (QED) is 0.731. The van der Waals surface area contributed by atoms with Crippen molar-refractivity contribution in [2.24, 2.45) is 0 Å². The molecule has 0 spiro atoms. The summed E-state index contributed by atoms with van der Waals surface area (Å²) >= 11 is 0. The molecule has 0 aliphatic heterocycles. The molecule has 2 aromatic rings. The van der Waals surface area contributed by atoms with Crippen molar-refractivity contribution in [2.45, 2.75) is 0 Å². The molecular weight excluding hydrogens is 190 g/mol. The Bertz CT molecular complexity index is 391. The van der Waals surface area contributed by atoms with E-state index in [-0.39, 0.29) is 11.5 Å². The predicted octanol–water partition coefficient (Wildman–Crippen LogP) is 2.21. The summed E-state index contributed by atoms with van der Waals surface area (Å²) in [5.41, 5.74) is 1.71. The maximum Gasteiger partial charge on any atom is 0.115 e. The van der Waals surface area contributed by atoms with Crippen molar-refractivity contribution in [1.82, 2.24) is 0 Å². The second kappa shape index (κ2) is 3.92. The van der Waals surface area contributed by atoms with Gasteiger partial charge in [0.1, 0.15) is 5.75 Å². The van der Waals surface area contributed by atoms with E-state index in [0.717, 1.165) is 11.4 Å². The molecule has 0 fully saturated rings. The van der Waals surface area contributed by atoms with Crippen LogP contribution in [0.15, 0.2) is 48.5 Å². The first kappa shape index (κ1) is 9.40. The van der Waals surface area contributed by atoms with Gasteiger partial charge in [0, 0.05) is 11.4 Å². The van der Waals surface area contributed by atoms with E-state index in [1.54, 1.807) is 36.4 Å². The molecule has 0 atom stereocenters. The second-order valence-electron chi connectivity index (χ2n) is 3.20. The van der Waals surface area contributed by atoms with E-state index in [4.69, 9.17) is 5.11 Å². The van der Waals surface area contributed by atoms with Gasteiger partial charge in [-0.15, -0.1) is 5.75 Å². The van der Waals surface area contributed by atoms with Crippen LogP contribution in [0.5, 0.6) is 11.5 Å². The molecule has 0 saturated carbocycles. The topological polar surface area (TPSA) is 55.3 Å². The van der Waals surface area contributed by atoms with Gasteiger partial charge in [-0.3, -0.25) is 0 Å². The summed E-state index contributed by atoms with van der Waals surface area (Å²) in [4.78, 5) is 0. The molecule has 0 heterocycles. The highest BCUT2D eigenvalue weighted by Crippen LogP contribution is 2.20. The maximum atomic E-state index is 10.9. The lowest BCUT2D eigenvalue weighted by Crippen LogP contribution is -1.92. The molecule has 0 aliphatic rings. The van der Waals surface area contributed by atoms with E-state index in [1.807, 2.05) is 0 Å². The zero-order valence-electron chi connectivity index (χ0n) is 7.97. The Hall–Kier alpha value is -2.16. The van der Waals surface area contributed by atoms with E-state index >= 15 is 0 Å². The Labute approximate surface area is 87.6 Å². The summed E-state index contributed by atoms with van der Waals surface area (Å²) in [6.07, 6.45) is 0. The molecule has 15 heavy (non-hydrogen) atoms. The summed E-state index contributed by atoms with van der Waals surface area (Å²) < 4.78 is 0. The van der Waals surface area contributed by atoms with Gasteiger partial charge in [0.05, 0.1) is 0 Å². The van der Waals surface area contributed by atoms with E-state index in [2.05, 4.69) is 5.32 Å². The number of hydrogen-bond acceptors (Lipinski definition) is 3. The van der Waals surface area contributed by atoms with Crippen molar-refractivity contribution in [3.05, 3.63) is 48.5 Å². The standard InChI is InChI=1S/C12H11NO2/c14-11-5-1-9(2-6-11)13-10-3-7-12(15)8-4-10/h1-8,13-15H/p-1. The number of hydrogen-bond donors (Lipinski definition) is 2. The number of phenols is 1. The van der Waals surface area contributed by atoms with Gasteiger partial charge in [0.15, 0.2) is 0 Å². The van der Waals surface area contributed by atoms with Gasteiger partial charge in [0.2, 0.25) is 0 Å². The van der Waals surface area contributed by atoms with Gasteiger partial charge in [-0.25, -0.2) is 0 Å². The number of rotatable bonds is 2. The van der Waals surface area contributed by atoms with Gasteiger partial charge in [-0.2, -0.15) is 0 Å². The number of nitrogens with one attached hydrogen (secondary N) is 1. The SMILES string of the molecule is [O-]c1ccc(Nc2ccc(O)cc2)cc1. The van der Waals surface area contributed by atoms with Crippen molar-refractivity contribution in [3.63, 3.8) is 0 Å². The van der Waals surface area contributed by atoms with Crippen LogP contribution in [0.4, 0.5) is 11.4 Å². The molecule has 0 aromatic heterocycles. The Kier molecular flexibility index (Phi) is 2.46. The molecule has 0 unspecified atom stereocenters. The van der Waals surface area contributed by atoms with Gasteiger partial charge in [-0.05, 0) is 36.4 Å². The zero-order chi connectivity index (χ0) is 10.7. The molecule has 3 heteroatoms. The number of anilines is 2. The normalized spacial score (nSPS) is 9.87. The fourth-order valence-corrected chi connectivity index (χ4v) is 1.25. The number of benzene rings is 2. The zero-order valence-corrected chi connectivity index (χ0v) is 7.97. The molecule has 0 aliphatic carbocycles. The largest absolute Gasteiger partial charge is 0.872 e. The van der Waals surface area contributed by atoms with Gasteiger partial charge in [-0.1, -0.05) is 12.1 Å². The highest BCUT2D eigenvalue weighted by Gasteiger charge is 1.93. The summed E-state index contributed by atoms with van der Waals surface area (Å²) in [5.74, 6) is 0.224. The number of phenolic OH excluding ortho intramolecular Hbond substituents is 1. The van der Waals surface area contributed by atoms with E-state index in [1.165, 1.54) is 12.1 Å². The highest BCUT2D eigenvalue weighted by molar-refractivity contribution is 5.60. The van der Waals surface area contributed by atoms with Crippen molar-refractivity contribution < 1.29 is 10.2 Å². The summed E-state index contributed by atoms with van der Waals surface area (Å²) in [7, 11) is 0. The van der Waals surface area contributed by atoms with E-state index < -0.39 is 0 Å². The summed E-state index contributed by atoms with van der Waals surface area (Å²) in [6, 6.07) is 13.2. The van der Waals surface area contributed by atoms with Crippen LogP contribution in [-0.2, 0) is 0 Å². The molecule has 2 N–H and O–H groups in total. The lowest BCUT2D eigenvalue weighted by atomic mass is 10.2. The second-order valence-corrected chi connectivity index (χ2v) is 3.20. The summed E-state index contributed by atoms with van der Waals surface area (Å²) in [6.45, 7) is 0. The molecule has 3 nitrogen and oxygen atoms in total. The van der Waals surface area contributed by atoms with Crippen LogP contribution in [0.3, 0.4) is 0 Å². The Morgan fingerprint density at radius 2 is 1.27 bits per heavy atom. The Balaban J connectivity index is 2.15. The van der Waals surface area contributed by atoms with E-state index in [0.29, 0.717) is 0 Å². The van der Waals surface area contributed by atoms with Crippen molar-refractivity contribution in [1.29, 1.82) is 0 Å². The first-order chi connectivity index (χ1) is 7.24. The van der Waals surface area contributed by atoms with Gasteiger partial charge < -0.3 is 15.5 Å². The van der Waals surface area contributed by atoms with Crippen LogP contribution in [0.25, 0.3) is 0 Å². The molecule has 0 saturated heterocycles. The fourth-order valence-electron chi connectivity index (χ4n) is 1.25. The lowest BCUT2D eigenvalue weighted by Gasteiger charge is -2.09. The summed E-state index contributed by atoms with van der Waals surface area (Å²) in [5, 5.41) is 23.1. The van der Waals surface area contributed by atoms with E-state index in [9.17, 15) is 5.11 Å². The first-order valence-corrected chi connectivity index (χ1v) is 4.57. The molecule has 0 amide bonds. The van der Waals surface area contributed by atoms with Crippen LogP contribution >= 0.6 is 0 Å². The third-order valence-electron chi connectivity index (χ3n) is 2.01. The Morgan fingerprint density at radius 1 is 0.800 bits per heavy atom. The highest BCUT2D eigenvalue weighted by atomic mass is 16.3. The van der Waals surface area contributed by atoms with Crippen LogP contribution < -0.4 is 10.4 Å². The molecule has 76 valence electrons. The molecule has 0 bridgehead atoms. The van der Waals surface area contributed by atoms with Crippen LogP contribution in [0, 0.1) is 0 Å². The van der Waals surface area contributed by atoms with Crippen molar-refractivity contribution in [2.75, 3.05) is 5.32 Å². The molecular formula is C12H10NO2-.